The Bertz CT molecular complexity index is 1200. The fourth-order valence-electron chi connectivity index (χ4n) is 4.44. The molecular weight excluding hydrogens is 486 g/mol. The van der Waals surface area contributed by atoms with Crippen LogP contribution in [-0.4, -0.2) is 48.8 Å². The van der Waals surface area contributed by atoms with Gasteiger partial charge < -0.3 is 14.8 Å². The molecular formula is C29H35N3O4S. The van der Waals surface area contributed by atoms with Crippen LogP contribution >= 0.6 is 11.3 Å². The molecule has 7 nitrogen and oxygen atoms in total. The van der Waals surface area contributed by atoms with E-state index in [2.05, 4.69) is 15.5 Å². The number of rotatable bonds is 8. The lowest BCUT2D eigenvalue weighted by atomic mass is 10.1. The van der Waals surface area contributed by atoms with E-state index in [1.165, 1.54) is 6.42 Å². The van der Waals surface area contributed by atoms with Crippen LogP contribution < -0.4 is 10.6 Å². The molecule has 0 bridgehead atoms. The Hall–Kier alpha value is -3.20. The first-order chi connectivity index (χ1) is 17.7. The number of carbonyl (C=O) groups excluding carboxylic acids is 2. The Morgan fingerprint density at radius 3 is 2.51 bits per heavy atom. The van der Waals surface area contributed by atoms with E-state index in [1.54, 1.807) is 45.3 Å². The zero-order valence-corrected chi connectivity index (χ0v) is 22.7. The first-order valence-corrected chi connectivity index (χ1v) is 13.4. The number of nitrogens with one attached hydrogen (secondary N) is 2. The third-order valence-electron chi connectivity index (χ3n) is 6.17. The number of thiophene rings is 1. The molecule has 1 fully saturated rings. The van der Waals surface area contributed by atoms with Gasteiger partial charge in [0.2, 0.25) is 0 Å². The summed E-state index contributed by atoms with van der Waals surface area (Å²) >= 11 is 1.61. The summed E-state index contributed by atoms with van der Waals surface area (Å²) in [6.45, 7) is 8.05. The van der Waals surface area contributed by atoms with Crippen molar-refractivity contribution < 1.29 is 19.1 Å². The third-order valence-corrected chi connectivity index (χ3v) is 7.09. The molecule has 0 saturated carbocycles. The van der Waals surface area contributed by atoms with E-state index in [0.717, 1.165) is 42.1 Å². The van der Waals surface area contributed by atoms with E-state index in [0.29, 0.717) is 23.0 Å². The molecule has 1 aliphatic heterocycles. The van der Waals surface area contributed by atoms with Gasteiger partial charge in [0.15, 0.2) is 0 Å². The molecule has 2 heterocycles. The Labute approximate surface area is 222 Å². The van der Waals surface area contributed by atoms with E-state index in [4.69, 9.17) is 9.47 Å². The van der Waals surface area contributed by atoms with Gasteiger partial charge in [0.25, 0.3) is 5.91 Å². The van der Waals surface area contributed by atoms with E-state index in [9.17, 15) is 9.59 Å². The minimum Gasteiger partial charge on any atom is -0.444 e. The molecule has 1 atom stereocenters. The highest BCUT2D eigenvalue weighted by Gasteiger charge is 2.24. The van der Waals surface area contributed by atoms with Crippen molar-refractivity contribution in [1.29, 1.82) is 0 Å². The van der Waals surface area contributed by atoms with Gasteiger partial charge in [-0.05, 0) is 87.0 Å². The Balaban J connectivity index is 1.49. The number of likely N-dealkylation sites (tertiary alicyclic amines) is 1. The van der Waals surface area contributed by atoms with Crippen molar-refractivity contribution in [2.45, 2.75) is 51.8 Å². The minimum atomic E-state index is -0.634. The van der Waals surface area contributed by atoms with Crippen LogP contribution in [0.4, 0.5) is 16.2 Å². The van der Waals surface area contributed by atoms with Gasteiger partial charge in [0.1, 0.15) is 5.60 Å². The maximum absolute atomic E-state index is 13.2. The molecule has 0 radical (unpaired) electrons. The summed E-state index contributed by atoms with van der Waals surface area (Å²) in [4.78, 5) is 29.1. The van der Waals surface area contributed by atoms with Crippen LogP contribution in [0, 0.1) is 0 Å². The number of nitrogens with zero attached hydrogens (tertiary/aromatic N) is 1. The average Bonchev–Trinajstić information content (AvgIpc) is 3.52. The standard InChI is InChI=1S/C29H35N3O4S/c1-29(2,3)36-28(34)31-24-14-13-22(26-8-6-16-37-26)17-25(24)30-27(33)21-11-9-20(10-12-21)18-32-15-5-7-23(32)19-35-4/h6,8-14,16-17,23H,5,7,15,18-19H2,1-4H3,(H,30,33)(H,31,34). The molecule has 1 aliphatic rings. The number of carbonyl (C=O) groups is 2. The summed E-state index contributed by atoms with van der Waals surface area (Å²) in [7, 11) is 1.74. The minimum absolute atomic E-state index is 0.249. The van der Waals surface area contributed by atoms with Crippen LogP contribution in [0.2, 0.25) is 0 Å². The second-order valence-corrected chi connectivity index (χ2v) is 11.2. The second-order valence-electron chi connectivity index (χ2n) is 10.2. The van der Waals surface area contributed by atoms with Gasteiger partial charge in [-0.2, -0.15) is 0 Å². The molecule has 2 aromatic carbocycles. The summed E-state index contributed by atoms with van der Waals surface area (Å²) in [6, 6.07) is 17.7. The predicted octanol–water partition coefficient (Wildman–Crippen LogP) is 6.63. The molecule has 0 spiro atoms. The van der Waals surface area contributed by atoms with Gasteiger partial charge in [0, 0.05) is 30.1 Å². The Morgan fingerprint density at radius 1 is 1.05 bits per heavy atom. The predicted molar refractivity (Wildman–Crippen MR) is 149 cm³/mol. The number of ether oxygens (including phenoxy) is 2. The van der Waals surface area contributed by atoms with Crippen molar-refractivity contribution in [3.63, 3.8) is 0 Å². The number of methoxy groups -OCH3 is 1. The first-order valence-electron chi connectivity index (χ1n) is 12.5. The number of hydrogen-bond donors (Lipinski definition) is 2. The van der Waals surface area contributed by atoms with Crippen molar-refractivity contribution in [2.75, 3.05) is 30.9 Å². The molecule has 2 N–H and O–H groups in total. The fraction of sp³-hybridized carbons (Fsp3) is 0.379. The van der Waals surface area contributed by atoms with Crippen LogP contribution in [-0.2, 0) is 16.0 Å². The Kier molecular flexibility index (Phi) is 8.63. The van der Waals surface area contributed by atoms with Crippen LogP contribution in [0.15, 0.2) is 60.0 Å². The monoisotopic (exact) mass is 521 g/mol. The van der Waals surface area contributed by atoms with Gasteiger partial charge in [0.05, 0.1) is 18.0 Å². The largest absolute Gasteiger partial charge is 0.444 e. The van der Waals surface area contributed by atoms with Gasteiger partial charge in [-0.3, -0.25) is 15.0 Å². The van der Waals surface area contributed by atoms with Crippen LogP contribution in [0.25, 0.3) is 10.4 Å². The van der Waals surface area contributed by atoms with Crippen molar-refractivity contribution in [1.82, 2.24) is 4.90 Å². The molecule has 0 aliphatic carbocycles. The summed E-state index contributed by atoms with van der Waals surface area (Å²) in [5.74, 6) is -0.249. The zero-order valence-electron chi connectivity index (χ0n) is 21.9. The normalized spacial score (nSPS) is 15.9. The van der Waals surface area contributed by atoms with Gasteiger partial charge in [-0.1, -0.05) is 24.3 Å². The highest BCUT2D eigenvalue weighted by molar-refractivity contribution is 7.13. The molecule has 1 aromatic heterocycles. The van der Waals surface area contributed by atoms with Crippen molar-refractivity contribution in [3.8, 4) is 10.4 Å². The topological polar surface area (TPSA) is 79.9 Å². The summed E-state index contributed by atoms with van der Waals surface area (Å²) in [6.07, 6.45) is 1.75. The van der Waals surface area contributed by atoms with Crippen molar-refractivity contribution >= 4 is 34.7 Å². The highest BCUT2D eigenvalue weighted by Crippen LogP contribution is 2.32. The number of anilines is 2. The SMILES string of the molecule is COCC1CCCN1Cc1ccc(C(=O)Nc2cc(-c3cccs3)ccc2NC(=O)OC(C)(C)C)cc1. The molecule has 4 rings (SSSR count). The summed E-state index contributed by atoms with van der Waals surface area (Å²) in [5.41, 5.74) is 3.00. The quantitative estimate of drug-likeness (QED) is 0.348. The smallest absolute Gasteiger partial charge is 0.412 e. The molecule has 2 amide bonds. The molecule has 1 saturated heterocycles. The second kappa shape index (κ2) is 11.9. The lowest BCUT2D eigenvalue weighted by Crippen LogP contribution is -2.32. The molecule has 1 unspecified atom stereocenters. The summed E-state index contributed by atoms with van der Waals surface area (Å²) in [5, 5.41) is 7.76. The lowest BCUT2D eigenvalue weighted by Gasteiger charge is -2.23. The molecule has 8 heteroatoms. The van der Waals surface area contributed by atoms with Crippen molar-refractivity contribution in [3.05, 3.63) is 71.1 Å². The van der Waals surface area contributed by atoms with E-state index in [-0.39, 0.29) is 5.91 Å². The number of hydrogen-bond acceptors (Lipinski definition) is 6. The van der Waals surface area contributed by atoms with Gasteiger partial charge in [-0.25, -0.2) is 4.79 Å². The number of benzene rings is 2. The number of amides is 2. The van der Waals surface area contributed by atoms with Gasteiger partial charge in [-0.15, -0.1) is 11.3 Å². The van der Waals surface area contributed by atoms with E-state index >= 15 is 0 Å². The van der Waals surface area contributed by atoms with E-state index in [1.807, 2.05) is 53.9 Å². The maximum Gasteiger partial charge on any atom is 0.412 e. The summed E-state index contributed by atoms with van der Waals surface area (Å²) < 4.78 is 10.8. The Morgan fingerprint density at radius 2 is 1.84 bits per heavy atom. The van der Waals surface area contributed by atoms with Crippen LogP contribution in [0.3, 0.4) is 0 Å². The fourth-order valence-corrected chi connectivity index (χ4v) is 5.17. The van der Waals surface area contributed by atoms with E-state index < -0.39 is 11.7 Å². The first kappa shape index (κ1) is 26.9. The average molecular weight is 522 g/mol. The molecule has 37 heavy (non-hydrogen) atoms. The third kappa shape index (κ3) is 7.41. The highest BCUT2D eigenvalue weighted by atomic mass is 32.1. The van der Waals surface area contributed by atoms with Crippen LogP contribution in [0.5, 0.6) is 0 Å². The molecule has 196 valence electrons. The van der Waals surface area contributed by atoms with Crippen molar-refractivity contribution in [2.24, 2.45) is 0 Å². The molecule has 3 aromatic rings. The zero-order chi connectivity index (χ0) is 26.4. The maximum atomic E-state index is 13.2. The van der Waals surface area contributed by atoms with Gasteiger partial charge >= 0.3 is 6.09 Å². The lowest BCUT2D eigenvalue weighted by molar-refractivity contribution is 0.0635. The van der Waals surface area contributed by atoms with Crippen LogP contribution in [0.1, 0.15) is 49.5 Å².